The molecule has 0 bridgehead atoms. The van der Waals surface area contributed by atoms with E-state index in [1.165, 1.54) is 6.26 Å². The van der Waals surface area contributed by atoms with E-state index >= 15 is 0 Å². The number of anilines is 2. The molecule has 9 heteroatoms. The van der Waals surface area contributed by atoms with E-state index in [1.54, 1.807) is 55.5 Å². The largest absolute Gasteiger partial charge is 0.467 e. The van der Waals surface area contributed by atoms with Crippen LogP contribution in [0.5, 0.6) is 0 Å². The van der Waals surface area contributed by atoms with Gasteiger partial charge in [0.2, 0.25) is 15.9 Å². The zero-order valence-electron chi connectivity index (χ0n) is 18.1. The van der Waals surface area contributed by atoms with E-state index in [4.69, 9.17) is 4.42 Å². The fraction of sp³-hybridized carbons (Fsp3) is 0.217. The van der Waals surface area contributed by atoms with E-state index in [2.05, 4.69) is 10.6 Å². The molecule has 32 heavy (non-hydrogen) atoms. The second-order valence-corrected chi connectivity index (χ2v) is 9.25. The molecule has 0 radical (unpaired) electrons. The van der Waals surface area contributed by atoms with Gasteiger partial charge in [-0.05, 0) is 55.3 Å². The van der Waals surface area contributed by atoms with Gasteiger partial charge in [-0.15, -0.1) is 0 Å². The first-order chi connectivity index (χ1) is 15.2. The number of sulfonamides is 1. The third-order valence-corrected chi connectivity index (χ3v) is 6.11. The molecule has 0 fully saturated rings. The maximum Gasteiger partial charge on any atom is 0.253 e. The van der Waals surface area contributed by atoms with Crippen molar-refractivity contribution in [1.29, 1.82) is 0 Å². The Labute approximate surface area is 187 Å². The molecule has 0 atom stereocenters. The maximum atomic E-state index is 12.8. The van der Waals surface area contributed by atoms with Crippen molar-refractivity contribution >= 4 is 33.2 Å². The summed E-state index contributed by atoms with van der Waals surface area (Å²) in [5.41, 5.74) is 2.65. The van der Waals surface area contributed by atoms with Crippen LogP contribution in [-0.4, -0.2) is 33.0 Å². The Kier molecular flexibility index (Phi) is 6.99. The van der Waals surface area contributed by atoms with E-state index < -0.39 is 28.4 Å². The molecule has 0 spiro atoms. The Bertz CT molecular complexity index is 1220. The van der Waals surface area contributed by atoms with Gasteiger partial charge in [0.1, 0.15) is 12.3 Å². The molecule has 3 aromatic rings. The number of furan rings is 1. The minimum Gasteiger partial charge on any atom is -0.467 e. The molecule has 2 N–H and O–H groups in total. The number of carbonyl (C=O) groups excluding carboxylic acids is 2. The molecule has 8 nitrogen and oxygen atoms in total. The molecule has 0 saturated carbocycles. The van der Waals surface area contributed by atoms with Crippen LogP contribution < -0.4 is 14.9 Å². The van der Waals surface area contributed by atoms with Crippen LogP contribution in [0.3, 0.4) is 0 Å². The van der Waals surface area contributed by atoms with Gasteiger partial charge in [-0.2, -0.15) is 0 Å². The number of nitrogens with zero attached hydrogens (tertiary/aromatic N) is 1. The molecule has 0 aliphatic carbocycles. The number of carbonyl (C=O) groups is 2. The van der Waals surface area contributed by atoms with Gasteiger partial charge in [0.05, 0.1) is 36.0 Å². The van der Waals surface area contributed by atoms with Crippen LogP contribution in [0.15, 0.2) is 65.3 Å². The number of para-hydroxylation sites is 1. The highest BCUT2D eigenvalue weighted by Gasteiger charge is 2.23. The first-order valence-electron chi connectivity index (χ1n) is 9.90. The van der Waals surface area contributed by atoms with E-state index in [9.17, 15) is 18.0 Å². The van der Waals surface area contributed by atoms with Crippen LogP contribution >= 0.6 is 0 Å². The van der Waals surface area contributed by atoms with Gasteiger partial charge in [-0.1, -0.05) is 24.3 Å². The summed E-state index contributed by atoms with van der Waals surface area (Å²) in [6.45, 7) is 3.45. The number of hydrogen-bond acceptors (Lipinski definition) is 5. The second kappa shape index (κ2) is 9.69. The Hall–Kier alpha value is -3.59. The molecule has 0 saturated heterocycles. The lowest BCUT2D eigenvalue weighted by molar-refractivity contribution is -0.114. The summed E-state index contributed by atoms with van der Waals surface area (Å²) < 4.78 is 31.1. The van der Waals surface area contributed by atoms with Crippen LogP contribution in [-0.2, 0) is 21.4 Å². The van der Waals surface area contributed by atoms with Crippen LogP contribution in [0.25, 0.3) is 0 Å². The summed E-state index contributed by atoms with van der Waals surface area (Å²) in [7, 11) is -3.72. The van der Waals surface area contributed by atoms with Crippen molar-refractivity contribution < 1.29 is 22.4 Å². The molecule has 3 rings (SSSR count). The molecule has 1 heterocycles. The molecule has 2 aromatic carbocycles. The average molecular weight is 456 g/mol. The number of benzene rings is 2. The Morgan fingerprint density at radius 3 is 2.44 bits per heavy atom. The summed E-state index contributed by atoms with van der Waals surface area (Å²) in [6, 6.07) is 15.2. The van der Waals surface area contributed by atoms with Crippen LogP contribution in [0.1, 0.15) is 27.2 Å². The molecular weight excluding hydrogens is 430 g/mol. The number of amides is 2. The summed E-state index contributed by atoms with van der Waals surface area (Å²) in [6.07, 6.45) is 2.57. The SMILES string of the molecule is Cc1cccc(N(CC(=O)Nc2ccccc2C(=O)NCc2ccco2)S(C)(=O)=O)c1C. The lowest BCUT2D eigenvalue weighted by Crippen LogP contribution is -2.38. The second-order valence-electron chi connectivity index (χ2n) is 7.34. The highest BCUT2D eigenvalue weighted by atomic mass is 32.2. The molecular formula is C23H25N3O5S. The lowest BCUT2D eigenvalue weighted by atomic mass is 10.1. The zero-order valence-corrected chi connectivity index (χ0v) is 18.9. The standard InChI is InChI=1S/C23H25N3O5S/c1-16-8-6-12-21(17(16)2)26(32(3,29)30)15-22(27)25-20-11-5-4-10-19(20)23(28)24-14-18-9-7-13-31-18/h4-13H,14-15H2,1-3H3,(H,24,28)(H,25,27). The van der Waals surface area contributed by atoms with Gasteiger partial charge < -0.3 is 15.1 Å². The topological polar surface area (TPSA) is 109 Å². The van der Waals surface area contributed by atoms with E-state index in [1.807, 2.05) is 13.0 Å². The number of aryl methyl sites for hydroxylation is 1. The van der Waals surface area contributed by atoms with Crippen molar-refractivity contribution in [3.8, 4) is 0 Å². The van der Waals surface area contributed by atoms with Gasteiger partial charge in [0.25, 0.3) is 5.91 Å². The third kappa shape index (κ3) is 5.55. The first kappa shape index (κ1) is 23.1. The van der Waals surface area contributed by atoms with Crippen LogP contribution in [0.2, 0.25) is 0 Å². The van der Waals surface area contributed by atoms with Gasteiger partial charge in [-0.3, -0.25) is 13.9 Å². The van der Waals surface area contributed by atoms with Crippen molar-refractivity contribution in [2.45, 2.75) is 20.4 Å². The van der Waals surface area contributed by atoms with Crippen molar-refractivity contribution in [1.82, 2.24) is 5.32 Å². The number of rotatable bonds is 8. The molecule has 1 aromatic heterocycles. The number of nitrogens with one attached hydrogen (secondary N) is 2. The third-order valence-electron chi connectivity index (χ3n) is 4.98. The highest BCUT2D eigenvalue weighted by Crippen LogP contribution is 2.25. The fourth-order valence-corrected chi connectivity index (χ4v) is 4.08. The Balaban J connectivity index is 1.77. The molecule has 0 aliphatic heterocycles. The van der Waals surface area contributed by atoms with Crippen LogP contribution in [0.4, 0.5) is 11.4 Å². The predicted molar refractivity (Wildman–Crippen MR) is 123 cm³/mol. The van der Waals surface area contributed by atoms with Gasteiger partial charge >= 0.3 is 0 Å². The summed E-state index contributed by atoms with van der Waals surface area (Å²) in [5.74, 6) is -0.369. The molecule has 2 amide bonds. The summed E-state index contributed by atoms with van der Waals surface area (Å²) in [4.78, 5) is 25.4. The van der Waals surface area contributed by atoms with Gasteiger partial charge in [0, 0.05) is 0 Å². The Morgan fingerprint density at radius 2 is 1.75 bits per heavy atom. The molecule has 0 aliphatic rings. The van der Waals surface area contributed by atoms with Gasteiger partial charge in [-0.25, -0.2) is 8.42 Å². The lowest BCUT2D eigenvalue weighted by Gasteiger charge is -2.24. The van der Waals surface area contributed by atoms with E-state index in [0.29, 0.717) is 11.4 Å². The minimum absolute atomic E-state index is 0.197. The highest BCUT2D eigenvalue weighted by molar-refractivity contribution is 7.92. The van der Waals surface area contributed by atoms with E-state index in [-0.39, 0.29) is 17.8 Å². The first-order valence-corrected chi connectivity index (χ1v) is 11.7. The predicted octanol–water partition coefficient (Wildman–Crippen LogP) is 3.23. The smallest absolute Gasteiger partial charge is 0.253 e. The normalized spacial score (nSPS) is 11.1. The minimum atomic E-state index is -3.72. The quantitative estimate of drug-likeness (QED) is 0.542. The molecule has 0 unspecified atom stereocenters. The number of hydrogen-bond donors (Lipinski definition) is 2. The average Bonchev–Trinajstić information content (AvgIpc) is 3.26. The van der Waals surface area contributed by atoms with Crippen molar-refractivity contribution in [2.75, 3.05) is 22.4 Å². The van der Waals surface area contributed by atoms with E-state index in [0.717, 1.165) is 21.7 Å². The van der Waals surface area contributed by atoms with Crippen molar-refractivity contribution in [2.24, 2.45) is 0 Å². The molecule has 168 valence electrons. The summed E-state index contributed by atoms with van der Waals surface area (Å²) >= 11 is 0. The van der Waals surface area contributed by atoms with Crippen LogP contribution in [0, 0.1) is 13.8 Å². The van der Waals surface area contributed by atoms with Gasteiger partial charge in [0.15, 0.2) is 0 Å². The zero-order chi connectivity index (χ0) is 23.3. The fourth-order valence-electron chi connectivity index (χ4n) is 3.17. The van der Waals surface area contributed by atoms with Crippen molar-refractivity contribution in [3.05, 3.63) is 83.3 Å². The maximum absolute atomic E-state index is 12.8. The summed E-state index contributed by atoms with van der Waals surface area (Å²) in [5, 5.41) is 5.39. The van der Waals surface area contributed by atoms with Crippen molar-refractivity contribution in [3.63, 3.8) is 0 Å². The Morgan fingerprint density at radius 1 is 1.00 bits per heavy atom. The monoisotopic (exact) mass is 455 g/mol.